The van der Waals surface area contributed by atoms with Gasteiger partial charge in [0.25, 0.3) is 5.91 Å². The molecular formula is C16H15BrFNOS. The molecule has 0 heterocycles. The summed E-state index contributed by atoms with van der Waals surface area (Å²) in [4.78, 5) is 13.1. The van der Waals surface area contributed by atoms with Gasteiger partial charge < -0.3 is 5.32 Å². The van der Waals surface area contributed by atoms with Gasteiger partial charge in [0.05, 0.1) is 5.56 Å². The standard InChI is InChI=1S/C16H15BrFNOS/c17-12-7-8-15(18)14(11-12)16(20)19-9-4-10-21-13-5-2-1-3-6-13/h1-3,5-8,11H,4,9-10H2,(H,19,20). The first-order valence-electron chi connectivity index (χ1n) is 6.58. The second-order valence-corrected chi connectivity index (χ2v) is 6.48. The highest BCUT2D eigenvalue weighted by molar-refractivity contribution is 9.10. The second-order valence-electron chi connectivity index (χ2n) is 4.40. The van der Waals surface area contributed by atoms with Gasteiger partial charge in [0.15, 0.2) is 0 Å². The predicted molar refractivity (Wildman–Crippen MR) is 88.2 cm³/mol. The Labute approximate surface area is 136 Å². The Balaban J connectivity index is 1.73. The first kappa shape index (κ1) is 16.0. The van der Waals surface area contributed by atoms with Gasteiger partial charge in [-0.05, 0) is 42.5 Å². The molecule has 0 fully saturated rings. The molecule has 0 saturated carbocycles. The molecule has 0 bridgehead atoms. The maximum absolute atomic E-state index is 13.5. The summed E-state index contributed by atoms with van der Waals surface area (Å²) in [7, 11) is 0. The summed E-state index contributed by atoms with van der Waals surface area (Å²) in [5, 5.41) is 2.74. The minimum absolute atomic E-state index is 0.0695. The van der Waals surface area contributed by atoms with E-state index in [-0.39, 0.29) is 11.5 Å². The van der Waals surface area contributed by atoms with Crippen LogP contribution >= 0.6 is 27.7 Å². The van der Waals surface area contributed by atoms with Crippen LogP contribution in [0.15, 0.2) is 57.9 Å². The van der Waals surface area contributed by atoms with Gasteiger partial charge in [0.1, 0.15) is 5.82 Å². The summed E-state index contributed by atoms with van der Waals surface area (Å²) in [6, 6.07) is 14.4. The summed E-state index contributed by atoms with van der Waals surface area (Å²) < 4.78 is 14.2. The largest absolute Gasteiger partial charge is 0.352 e. The van der Waals surface area contributed by atoms with Gasteiger partial charge in [-0.1, -0.05) is 34.1 Å². The van der Waals surface area contributed by atoms with Gasteiger partial charge in [-0.2, -0.15) is 0 Å². The maximum atomic E-state index is 13.5. The molecule has 0 aliphatic rings. The van der Waals surface area contributed by atoms with Gasteiger partial charge in [-0.15, -0.1) is 11.8 Å². The normalized spacial score (nSPS) is 10.4. The fourth-order valence-electron chi connectivity index (χ4n) is 1.75. The molecule has 5 heteroatoms. The number of rotatable bonds is 6. The Morgan fingerprint density at radius 2 is 1.95 bits per heavy atom. The van der Waals surface area contributed by atoms with Crippen molar-refractivity contribution in [3.8, 4) is 0 Å². The van der Waals surface area contributed by atoms with Crippen LogP contribution in [-0.4, -0.2) is 18.2 Å². The summed E-state index contributed by atoms with van der Waals surface area (Å²) >= 11 is 4.97. The van der Waals surface area contributed by atoms with Gasteiger partial charge in [-0.25, -0.2) is 4.39 Å². The van der Waals surface area contributed by atoms with Crippen LogP contribution in [0.5, 0.6) is 0 Å². The minimum Gasteiger partial charge on any atom is -0.352 e. The molecule has 0 aromatic heterocycles. The van der Waals surface area contributed by atoms with Crippen LogP contribution in [0.4, 0.5) is 4.39 Å². The molecule has 2 aromatic carbocycles. The molecule has 0 aliphatic carbocycles. The van der Waals surface area contributed by atoms with Gasteiger partial charge in [-0.3, -0.25) is 4.79 Å². The van der Waals surface area contributed by atoms with Crippen LogP contribution < -0.4 is 5.32 Å². The Morgan fingerprint density at radius 3 is 2.71 bits per heavy atom. The molecule has 1 amide bonds. The monoisotopic (exact) mass is 367 g/mol. The molecule has 21 heavy (non-hydrogen) atoms. The molecule has 110 valence electrons. The number of thioether (sulfide) groups is 1. The third kappa shape index (κ3) is 5.17. The van der Waals surface area contributed by atoms with E-state index in [1.807, 2.05) is 18.2 Å². The molecule has 0 unspecified atom stereocenters. The fraction of sp³-hybridized carbons (Fsp3) is 0.188. The molecule has 2 rings (SSSR count). The van der Waals surface area contributed by atoms with Crippen molar-refractivity contribution in [3.05, 3.63) is 64.4 Å². The predicted octanol–water partition coefficient (Wildman–Crippen LogP) is 4.50. The van der Waals surface area contributed by atoms with Crippen molar-refractivity contribution in [3.63, 3.8) is 0 Å². The van der Waals surface area contributed by atoms with Gasteiger partial charge in [0.2, 0.25) is 0 Å². The Kier molecular flexibility index (Phi) is 6.26. The molecule has 2 aromatic rings. The molecule has 0 spiro atoms. The van der Waals surface area contributed by atoms with Crippen LogP contribution in [0, 0.1) is 5.82 Å². The van der Waals surface area contributed by atoms with Crippen molar-refractivity contribution < 1.29 is 9.18 Å². The molecule has 1 N–H and O–H groups in total. The SMILES string of the molecule is O=C(NCCCSc1ccccc1)c1cc(Br)ccc1F. The number of hydrogen-bond donors (Lipinski definition) is 1. The number of benzene rings is 2. The Bertz CT molecular complexity index is 606. The van der Waals surface area contributed by atoms with E-state index in [2.05, 4.69) is 33.4 Å². The van der Waals surface area contributed by atoms with E-state index in [0.717, 1.165) is 12.2 Å². The third-order valence-corrected chi connectivity index (χ3v) is 4.38. The van der Waals surface area contributed by atoms with Crippen LogP contribution in [-0.2, 0) is 0 Å². The molecule has 0 radical (unpaired) electrons. The van der Waals surface area contributed by atoms with E-state index >= 15 is 0 Å². The average Bonchev–Trinajstić information content (AvgIpc) is 2.50. The van der Waals surface area contributed by atoms with E-state index in [0.29, 0.717) is 11.0 Å². The molecular weight excluding hydrogens is 353 g/mol. The lowest BCUT2D eigenvalue weighted by molar-refractivity contribution is 0.0949. The second kappa shape index (κ2) is 8.20. The Hall–Kier alpha value is -1.33. The van der Waals surface area contributed by atoms with E-state index in [9.17, 15) is 9.18 Å². The minimum atomic E-state index is -0.505. The number of amides is 1. The number of nitrogens with one attached hydrogen (secondary N) is 1. The number of hydrogen-bond acceptors (Lipinski definition) is 2. The maximum Gasteiger partial charge on any atom is 0.254 e. The Morgan fingerprint density at radius 1 is 1.19 bits per heavy atom. The van der Waals surface area contributed by atoms with Gasteiger partial charge >= 0.3 is 0 Å². The van der Waals surface area contributed by atoms with Gasteiger partial charge in [0, 0.05) is 15.9 Å². The summed E-state index contributed by atoms with van der Waals surface area (Å²) in [6.45, 7) is 0.532. The quantitative estimate of drug-likeness (QED) is 0.601. The number of carbonyl (C=O) groups is 1. The summed E-state index contributed by atoms with van der Waals surface area (Å²) in [6.07, 6.45) is 0.834. The lowest BCUT2D eigenvalue weighted by atomic mass is 10.2. The van der Waals surface area contributed by atoms with Crippen LogP contribution in [0.2, 0.25) is 0 Å². The summed E-state index contributed by atoms with van der Waals surface area (Å²) in [5.41, 5.74) is 0.0695. The van der Waals surface area contributed by atoms with Crippen molar-refractivity contribution in [2.45, 2.75) is 11.3 Å². The van der Waals surface area contributed by atoms with Crippen LogP contribution in [0.1, 0.15) is 16.8 Å². The average molecular weight is 368 g/mol. The highest BCUT2D eigenvalue weighted by Gasteiger charge is 2.11. The zero-order valence-corrected chi connectivity index (χ0v) is 13.7. The smallest absolute Gasteiger partial charge is 0.254 e. The lowest BCUT2D eigenvalue weighted by Gasteiger charge is -2.06. The van der Waals surface area contributed by atoms with E-state index in [1.165, 1.54) is 17.0 Å². The van der Waals surface area contributed by atoms with Crippen LogP contribution in [0.25, 0.3) is 0 Å². The highest BCUT2D eigenvalue weighted by Crippen LogP contribution is 2.18. The topological polar surface area (TPSA) is 29.1 Å². The molecule has 0 atom stereocenters. The van der Waals surface area contributed by atoms with Crippen molar-refractivity contribution in [2.75, 3.05) is 12.3 Å². The highest BCUT2D eigenvalue weighted by atomic mass is 79.9. The molecule has 2 nitrogen and oxygen atoms in total. The number of halogens is 2. The number of carbonyl (C=O) groups excluding carboxylic acids is 1. The zero-order chi connectivity index (χ0) is 15.1. The van der Waals surface area contributed by atoms with Crippen molar-refractivity contribution in [1.82, 2.24) is 5.32 Å². The van der Waals surface area contributed by atoms with Crippen LogP contribution in [0.3, 0.4) is 0 Å². The first-order chi connectivity index (χ1) is 10.2. The van der Waals surface area contributed by atoms with E-state index in [1.54, 1.807) is 17.8 Å². The third-order valence-electron chi connectivity index (χ3n) is 2.79. The lowest BCUT2D eigenvalue weighted by Crippen LogP contribution is -2.25. The molecule has 0 saturated heterocycles. The first-order valence-corrected chi connectivity index (χ1v) is 8.36. The van der Waals surface area contributed by atoms with Crippen molar-refractivity contribution in [2.24, 2.45) is 0 Å². The zero-order valence-electron chi connectivity index (χ0n) is 11.3. The molecule has 0 aliphatic heterocycles. The summed E-state index contributed by atoms with van der Waals surface area (Å²) in [5.74, 6) is 0.0264. The fourth-order valence-corrected chi connectivity index (χ4v) is 2.98. The van der Waals surface area contributed by atoms with Crippen molar-refractivity contribution in [1.29, 1.82) is 0 Å². The van der Waals surface area contributed by atoms with E-state index < -0.39 is 5.82 Å². The van der Waals surface area contributed by atoms with Crippen molar-refractivity contribution >= 4 is 33.6 Å². The van der Waals surface area contributed by atoms with E-state index in [4.69, 9.17) is 0 Å².